The van der Waals surface area contributed by atoms with Crippen molar-refractivity contribution in [2.75, 3.05) is 5.32 Å². The van der Waals surface area contributed by atoms with Gasteiger partial charge >= 0.3 is 0 Å². The molecule has 120 valence electrons. The van der Waals surface area contributed by atoms with Gasteiger partial charge in [-0.05, 0) is 31.0 Å². The Kier molecular flexibility index (Phi) is 4.95. The second-order valence-corrected chi connectivity index (χ2v) is 5.37. The van der Waals surface area contributed by atoms with E-state index in [1.165, 1.54) is 18.2 Å². The Morgan fingerprint density at radius 2 is 1.91 bits per heavy atom. The minimum Gasteiger partial charge on any atom is -0.373 e. The summed E-state index contributed by atoms with van der Waals surface area (Å²) in [5.74, 6) is -0.690. The Morgan fingerprint density at radius 3 is 2.43 bits per heavy atom. The standard InChI is InChI=1S/C17H19N3O3/c1-3-14(12-6-4-11(2)5-7-12)19-15-9-8-13(17(18)21)10-16(15)20(22)23/h4-10,14,19H,3H2,1-2H3,(H2,18,21)/t14-/m1/s1. The van der Waals surface area contributed by atoms with Crippen LogP contribution < -0.4 is 11.1 Å². The lowest BCUT2D eigenvalue weighted by molar-refractivity contribution is -0.384. The Hall–Kier alpha value is -2.89. The summed E-state index contributed by atoms with van der Waals surface area (Å²) in [5, 5.41) is 14.4. The normalized spacial score (nSPS) is 11.7. The Bertz CT molecular complexity index is 726. The zero-order chi connectivity index (χ0) is 17.0. The number of rotatable bonds is 6. The molecule has 0 spiro atoms. The van der Waals surface area contributed by atoms with Crippen LogP contribution >= 0.6 is 0 Å². The smallest absolute Gasteiger partial charge is 0.293 e. The highest BCUT2D eigenvalue weighted by Gasteiger charge is 2.19. The van der Waals surface area contributed by atoms with Gasteiger partial charge in [0, 0.05) is 11.6 Å². The fourth-order valence-corrected chi connectivity index (χ4v) is 2.37. The van der Waals surface area contributed by atoms with Gasteiger partial charge < -0.3 is 11.1 Å². The Morgan fingerprint density at radius 1 is 1.26 bits per heavy atom. The number of nitro groups is 1. The summed E-state index contributed by atoms with van der Waals surface area (Å²) < 4.78 is 0. The highest BCUT2D eigenvalue weighted by atomic mass is 16.6. The molecule has 0 bridgehead atoms. The van der Waals surface area contributed by atoms with Crippen LogP contribution in [0.4, 0.5) is 11.4 Å². The maximum atomic E-state index is 11.3. The third-order valence-electron chi connectivity index (χ3n) is 3.70. The molecule has 0 fully saturated rings. The average molecular weight is 313 g/mol. The fraction of sp³-hybridized carbons (Fsp3) is 0.235. The number of nitro benzene ring substituents is 1. The highest BCUT2D eigenvalue weighted by Crippen LogP contribution is 2.30. The van der Waals surface area contributed by atoms with Crippen molar-refractivity contribution in [3.63, 3.8) is 0 Å². The molecule has 23 heavy (non-hydrogen) atoms. The summed E-state index contributed by atoms with van der Waals surface area (Å²) in [6.07, 6.45) is 0.762. The van der Waals surface area contributed by atoms with Crippen molar-refractivity contribution in [1.82, 2.24) is 0 Å². The quantitative estimate of drug-likeness (QED) is 0.629. The van der Waals surface area contributed by atoms with E-state index in [1.54, 1.807) is 0 Å². The summed E-state index contributed by atoms with van der Waals surface area (Å²) >= 11 is 0. The van der Waals surface area contributed by atoms with Crippen LogP contribution in [0.15, 0.2) is 42.5 Å². The molecule has 6 nitrogen and oxygen atoms in total. The zero-order valence-corrected chi connectivity index (χ0v) is 13.1. The molecule has 0 aliphatic heterocycles. The van der Waals surface area contributed by atoms with Crippen LogP contribution in [0.1, 0.15) is 40.9 Å². The predicted octanol–water partition coefficient (Wildman–Crippen LogP) is 3.57. The number of primary amides is 1. The largest absolute Gasteiger partial charge is 0.373 e. The lowest BCUT2D eigenvalue weighted by atomic mass is 10.0. The summed E-state index contributed by atoms with van der Waals surface area (Å²) in [4.78, 5) is 21.9. The second kappa shape index (κ2) is 6.91. The first-order valence-corrected chi connectivity index (χ1v) is 7.33. The van der Waals surface area contributed by atoms with E-state index in [9.17, 15) is 14.9 Å². The molecular weight excluding hydrogens is 294 g/mol. The first-order valence-electron chi connectivity index (χ1n) is 7.33. The minimum atomic E-state index is -0.690. The van der Waals surface area contributed by atoms with Gasteiger partial charge in [-0.25, -0.2) is 0 Å². The fourth-order valence-electron chi connectivity index (χ4n) is 2.37. The van der Waals surface area contributed by atoms with Crippen molar-refractivity contribution < 1.29 is 9.72 Å². The van der Waals surface area contributed by atoms with Crippen LogP contribution in [0.25, 0.3) is 0 Å². The number of aryl methyl sites for hydroxylation is 1. The molecule has 2 aromatic rings. The summed E-state index contributed by atoms with van der Waals surface area (Å²) in [7, 11) is 0. The molecule has 6 heteroatoms. The SMILES string of the molecule is CC[C@@H](Nc1ccc(C(N)=O)cc1[N+](=O)[O-])c1ccc(C)cc1. The van der Waals surface area contributed by atoms with Crippen LogP contribution in [-0.2, 0) is 0 Å². The highest BCUT2D eigenvalue weighted by molar-refractivity contribution is 5.94. The number of carbonyl (C=O) groups excluding carboxylic acids is 1. The predicted molar refractivity (Wildman–Crippen MR) is 89.4 cm³/mol. The van der Waals surface area contributed by atoms with Gasteiger partial charge in [-0.3, -0.25) is 14.9 Å². The van der Waals surface area contributed by atoms with Gasteiger partial charge in [-0.15, -0.1) is 0 Å². The van der Waals surface area contributed by atoms with Gasteiger partial charge in [0.15, 0.2) is 0 Å². The van der Waals surface area contributed by atoms with E-state index >= 15 is 0 Å². The number of hydrogen-bond donors (Lipinski definition) is 2. The average Bonchev–Trinajstić information content (AvgIpc) is 2.53. The summed E-state index contributed by atoms with van der Waals surface area (Å²) in [6.45, 7) is 4.01. The molecule has 0 radical (unpaired) electrons. The number of amides is 1. The number of benzene rings is 2. The van der Waals surface area contributed by atoms with Crippen molar-refractivity contribution in [1.29, 1.82) is 0 Å². The molecule has 0 heterocycles. The first-order chi connectivity index (χ1) is 10.9. The zero-order valence-electron chi connectivity index (χ0n) is 13.1. The van der Waals surface area contributed by atoms with E-state index in [1.807, 2.05) is 38.1 Å². The number of carbonyl (C=O) groups is 1. The molecule has 0 unspecified atom stereocenters. The van der Waals surface area contributed by atoms with Crippen molar-refractivity contribution in [2.24, 2.45) is 5.73 Å². The van der Waals surface area contributed by atoms with Crippen LogP contribution in [0, 0.1) is 17.0 Å². The molecule has 0 saturated heterocycles. The molecule has 0 aromatic heterocycles. The van der Waals surface area contributed by atoms with Crippen molar-refractivity contribution in [3.05, 3.63) is 69.3 Å². The van der Waals surface area contributed by atoms with Crippen LogP contribution in [0.2, 0.25) is 0 Å². The van der Waals surface area contributed by atoms with Gasteiger partial charge in [0.2, 0.25) is 5.91 Å². The molecular formula is C17H19N3O3. The Balaban J connectivity index is 2.35. The molecule has 0 aliphatic rings. The maximum Gasteiger partial charge on any atom is 0.293 e. The minimum absolute atomic E-state index is 0.0614. The van der Waals surface area contributed by atoms with E-state index in [4.69, 9.17) is 5.73 Å². The van der Waals surface area contributed by atoms with Gasteiger partial charge in [0.25, 0.3) is 5.69 Å². The van der Waals surface area contributed by atoms with Crippen LogP contribution in [0.3, 0.4) is 0 Å². The van der Waals surface area contributed by atoms with E-state index in [2.05, 4.69) is 5.32 Å². The van der Waals surface area contributed by atoms with Crippen molar-refractivity contribution >= 4 is 17.3 Å². The van der Waals surface area contributed by atoms with Gasteiger partial charge in [-0.1, -0.05) is 36.8 Å². The lowest BCUT2D eigenvalue weighted by Crippen LogP contribution is -2.14. The van der Waals surface area contributed by atoms with E-state index < -0.39 is 10.8 Å². The molecule has 3 N–H and O–H groups in total. The Labute approximate surface area is 134 Å². The monoisotopic (exact) mass is 313 g/mol. The number of hydrogen-bond acceptors (Lipinski definition) is 4. The summed E-state index contributed by atoms with van der Waals surface area (Å²) in [6, 6.07) is 12.2. The molecule has 2 rings (SSSR count). The molecule has 0 aliphatic carbocycles. The van der Waals surface area contributed by atoms with E-state index in [0.717, 1.165) is 17.5 Å². The molecule has 2 aromatic carbocycles. The van der Waals surface area contributed by atoms with Gasteiger partial charge in [-0.2, -0.15) is 0 Å². The third kappa shape index (κ3) is 3.85. The lowest BCUT2D eigenvalue weighted by Gasteiger charge is -2.19. The molecule has 0 saturated carbocycles. The van der Waals surface area contributed by atoms with E-state index in [-0.39, 0.29) is 17.3 Å². The van der Waals surface area contributed by atoms with Gasteiger partial charge in [0.1, 0.15) is 5.69 Å². The molecule has 1 atom stereocenters. The number of nitrogens with two attached hydrogens (primary N) is 1. The van der Waals surface area contributed by atoms with Crippen LogP contribution in [0.5, 0.6) is 0 Å². The summed E-state index contributed by atoms with van der Waals surface area (Å²) in [5.41, 5.74) is 7.71. The van der Waals surface area contributed by atoms with E-state index in [0.29, 0.717) is 5.69 Å². The van der Waals surface area contributed by atoms with Crippen molar-refractivity contribution in [2.45, 2.75) is 26.3 Å². The molecule has 1 amide bonds. The number of nitrogens with one attached hydrogen (secondary N) is 1. The van der Waals surface area contributed by atoms with Crippen molar-refractivity contribution in [3.8, 4) is 0 Å². The van der Waals surface area contributed by atoms with Gasteiger partial charge in [0.05, 0.1) is 11.0 Å². The first kappa shape index (κ1) is 16.5. The third-order valence-corrected chi connectivity index (χ3v) is 3.70. The number of anilines is 1. The maximum absolute atomic E-state index is 11.3. The second-order valence-electron chi connectivity index (χ2n) is 5.37. The number of nitrogens with zero attached hydrogens (tertiary/aromatic N) is 1. The topological polar surface area (TPSA) is 98.3 Å². The van der Waals surface area contributed by atoms with Crippen LogP contribution in [-0.4, -0.2) is 10.8 Å².